The van der Waals surface area contributed by atoms with Gasteiger partial charge >= 0.3 is 5.97 Å². The highest BCUT2D eigenvalue weighted by molar-refractivity contribution is 5.93. The average Bonchev–Trinajstić information content (AvgIpc) is 2.81. The standard InChI is InChI=1S/C25H28N4O2/c30-25(31)23-7-4-12-27-24(23)29-15-13-28(14-16-29)19-22-10-8-21(9-11-22)18-26-17-20-5-2-1-3-6-20/h1-12,26H,13-19H2,(H,30,31). The third kappa shape index (κ3) is 5.69. The van der Waals surface area contributed by atoms with Gasteiger partial charge in [-0.15, -0.1) is 0 Å². The van der Waals surface area contributed by atoms with Crippen LogP contribution in [0.25, 0.3) is 0 Å². The predicted octanol–water partition coefficient (Wildman–Crippen LogP) is 3.39. The summed E-state index contributed by atoms with van der Waals surface area (Å²) in [4.78, 5) is 20.2. The van der Waals surface area contributed by atoms with Crippen LogP contribution in [-0.4, -0.2) is 47.1 Å². The van der Waals surface area contributed by atoms with E-state index in [0.29, 0.717) is 5.82 Å². The van der Waals surface area contributed by atoms with Crippen LogP contribution < -0.4 is 10.2 Å². The van der Waals surface area contributed by atoms with Crippen LogP contribution in [0, 0.1) is 0 Å². The molecule has 0 saturated carbocycles. The number of piperazine rings is 1. The molecule has 2 heterocycles. The van der Waals surface area contributed by atoms with E-state index < -0.39 is 5.97 Å². The maximum absolute atomic E-state index is 11.5. The second-order valence-electron chi connectivity index (χ2n) is 7.85. The van der Waals surface area contributed by atoms with Gasteiger partial charge in [0.2, 0.25) is 0 Å². The molecule has 1 aromatic heterocycles. The Balaban J connectivity index is 1.25. The molecule has 160 valence electrons. The SMILES string of the molecule is O=C(O)c1cccnc1N1CCN(Cc2ccc(CNCc3ccccc3)cc2)CC1. The molecule has 0 atom stereocenters. The Morgan fingerprint density at radius 1 is 0.839 bits per heavy atom. The number of carboxylic acid groups (broad SMARTS) is 1. The van der Waals surface area contributed by atoms with Crippen LogP contribution in [0.15, 0.2) is 72.9 Å². The lowest BCUT2D eigenvalue weighted by Gasteiger charge is -2.35. The second kappa shape index (κ2) is 10.2. The van der Waals surface area contributed by atoms with E-state index in [-0.39, 0.29) is 5.56 Å². The van der Waals surface area contributed by atoms with E-state index in [2.05, 4.69) is 68.6 Å². The Labute approximate surface area is 183 Å². The lowest BCUT2D eigenvalue weighted by Crippen LogP contribution is -2.46. The minimum atomic E-state index is -0.927. The summed E-state index contributed by atoms with van der Waals surface area (Å²) in [5.41, 5.74) is 4.14. The molecule has 4 rings (SSSR count). The average molecular weight is 417 g/mol. The van der Waals surface area contributed by atoms with Crippen molar-refractivity contribution in [2.75, 3.05) is 31.1 Å². The first kappa shape index (κ1) is 21.0. The van der Waals surface area contributed by atoms with E-state index in [9.17, 15) is 9.90 Å². The van der Waals surface area contributed by atoms with Gasteiger partial charge in [-0.2, -0.15) is 0 Å². The number of nitrogens with zero attached hydrogens (tertiary/aromatic N) is 3. The maximum Gasteiger partial charge on any atom is 0.339 e. The third-order valence-electron chi connectivity index (χ3n) is 5.62. The van der Waals surface area contributed by atoms with Gasteiger partial charge in [-0.05, 0) is 28.8 Å². The molecule has 1 aliphatic rings. The van der Waals surface area contributed by atoms with Gasteiger partial charge in [0.15, 0.2) is 0 Å². The molecule has 3 aromatic rings. The fraction of sp³-hybridized carbons (Fsp3) is 0.280. The summed E-state index contributed by atoms with van der Waals surface area (Å²) in [7, 11) is 0. The maximum atomic E-state index is 11.5. The molecule has 0 bridgehead atoms. The van der Waals surface area contributed by atoms with Crippen LogP contribution in [0.1, 0.15) is 27.0 Å². The van der Waals surface area contributed by atoms with Crippen molar-refractivity contribution in [3.63, 3.8) is 0 Å². The molecular formula is C25H28N4O2. The quantitative estimate of drug-likeness (QED) is 0.587. The zero-order valence-corrected chi connectivity index (χ0v) is 17.6. The van der Waals surface area contributed by atoms with Crippen LogP contribution in [0.3, 0.4) is 0 Å². The molecule has 2 aromatic carbocycles. The number of carboxylic acids is 1. The molecule has 0 aliphatic carbocycles. The van der Waals surface area contributed by atoms with E-state index in [1.807, 2.05) is 6.07 Å². The first-order chi connectivity index (χ1) is 15.2. The molecule has 31 heavy (non-hydrogen) atoms. The molecule has 1 saturated heterocycles. The molecular weight excluding hydrogens is 388 g/mol. The summed E-state index contributed by atoms with van der Waals surface area (Å²) < 4.78 is 0. The number of benzene rings is 2. The highest BCUT2D eigenvalue weighted by Crippen LogP contribution is 2.20. The molecule has 0 unspecified atom stereocenters. The normalized spacial score (nSPS) is 14.5. The van der Waals surface area contributed by atoms with Gasteiger partial charge in [0.25, 0.3) is 0 Å². The van der Waals surface area contributed by atoms with Crippen molar-refractivity contribution in [1.29, 1.82) is 0 Å². The van der Waals surface area contributed by atoms with Crippen molar-refractivity contribution in [2.24, 2.45) is 0 Å². The van der Waals surface area contributed by atoms with Crippen molar-refractivity contribution in [1.82, 2.24) is 15.2 Å². The van der Waals surface area contributed by atoms with Gasteiger partial charge < -0.3 is 15.3 Å². The number of hydrogen-bond donors (Lipinski definition) is 2. The van der Waals surface area contributed by atoms with E-state index in [1.165, 1.54) is 16.7 Å². The molecule has 0 spiro atoms. The monoisotopic (exact) mass is 416 g/mol. The summed E-state index contributed by atoms with van der Waals surface area (Å²) in [6, 6.07) is 22.5. The number of anilines is 1. The topological polar surface area (TPSA) is 68.7 Å². The van der Waals surface area contributed by atoms with Gasteiger partial charge in [0.1, 0.15) is 11.4 Å². The summed E-state index contributed by atoms with van der Waals surface area (Å²) in [5.74, 6) is -0.356. The van der Waals surface area contributed by atoms with Crippen molar-refractivity contribution in [2.45, 2.75) is 19.6 Å². The Bertz CT molecular complexity index is 984. The molecule has 0 radical (unpaired) electrons. The van der Waals surface area contributed by atoms with E-state index in [1.54, 1.807) is 18.3 Å². The van der Waals surface area contributed by atoms with Gasteiger partial charge in [0, 0.05) is 52.0 Å². The smallest absolute Gasteiger partial charge is 0.339 e. The number of rotatable bonds is 8. The molecule has 1 aliphatic heterocycles. The summed E-state index contributed by atoms with van der Waals surface area (Å²) in [5, 5.41) is 12.9. The Morgan fingerprint density at radius 2 is 1.48 bits per heavy atom. The summed E-state index contributed by atoms with van der Waals surface area (Å²) >= 11 is 0. The third-order valence-corrected chi connectivity index (χ3v) is 5.62. The highest BCUT2D eigenvalue weighted by Gasteiger charge is 2.22. The lowest BCUT2D eigenvalue weighted by molar-refractivity contribution is 0.0697. The molecule has 1 fully saturated rings. The Morgan fingerprint density at radius 3 is 2.16 bits per heavy atom. The van der Waals surface area contributed by atoms with Crippen LogP contribution in [0.4, 0.5) is 5.82 Å². The van der Waals surface area contributed by atoms with Gasteiger partial charge in [-0.1, -0.05) is 54.6 Å². The first-order valence-corrected chi connectivity index (χ1v) is 10.7. The van der Waals surface area contributed by atoms with Gasteiger partial charge in [-0.3, -0.25) is 4.90 Å². The Hall–Kier alpha value is -3.22. The van der Waals surface area contributed by atoms with E-state index in [4.69, 9.17) is 0 Å². The van der Waals surface area contributed by atoms with Crippen LogP contribution in [0.2, 0.25) is 0 Å². The number of nitrogens with one attached hydrogen (secondary N) is 1. The number of pyridine rings is 1. The summed E-state index contributed by atoms with van der Waals surface area (Å²) in [6.07, 6.45) is 1.66. The number of aromatic carboxylic acids is 1. The Kier molecular flexibility index (Phi) is 6.92. The minimum absolute atomic E-state index is 0.271. The highest BCUT2D eigenvalue weighted by atomic mass is 16.4. The molecule has 2 N–H and O–H groups in total. The van der Waals surface area contributed by atoms with Crippen molar-refractivity contribution >= 4 is 11.8 Å². The van der Waals surface area contributed by atoms with Crippen molar-refractivity contribution < 1.29 is 9.90 Å². The number of aromatic nitrogens is 1. The van der Waals surface area contributed by atoms with E-state index in [0.717, 1.165) is 45.8 Å². The fourth-order valence-electron chi connectivity index (χ4n) is 3.90. The van der Waals surface area contributed by atoms with Crippen LogP contribution in [0.5, 0.6) is 0 Å². The molecule has 6 nitrogen and oxygen atoms in total. The molecule has 6 heteroatoms. The zero-order chi connectivity index (χ0) is 21.5. The zero-order valence-electron chi connectivity index (χ0n) is 17.6. The van der Waals surface area contributed by atoms with Crippen molar-refractivity contribution in [3.8, 4) is 0 Å². The summed E-state index contributed by atoms with van der Waals surface area (Å²) in [6.45, 7) is 5.94. The largest absolute Gasteiger partial charge is 0.478 e. The predicted molar refractivity (Wildman–Crippen MR) is 122 cm³/mol. The van der Waals surface area contributed by atoms with Crippen molar-refractivity contribution in [3.05, 3.63) is 95.2 Å². The minimum Gasteiger partial charge on any atom is -0.478 e. The number of carbonyl (C=O) groups is 1. The fourth-order valence-corrected chi connectivity index (χ4v) is 3.90. The van der Waals surface area contributed by atoms with E-state index >= 15 is 0 Å². The molecule has 0 amide bonds. The van der Waals surface area contributed by atoms with Gasteiger partial charge in [-0.25, -0.2) is 9.78 Å². The lowest BCUT2D eigenvalue weighted by atomic mass is 10.1. The first-order valence-electron chi connectivity index (χ1n) is 10.7. The van der Waals surface area contributed by atoms with Gasteiger partial charge in [0.05, 0.1) is 0 Å². The van der Waals surface area contributed by atoms with Crippen LogP contribution >= 0.6 is 0 Å². The number of hydrogen-bond acceptors (Lipinski definition) is 5. The second-order valence-corrected chi connectivity index (χ2v) is 7.85. The van der Waals surface area contributed by atoms with Crippen LogP contribution in [-0.2, 0) is 19.6 Å².